The van der Waals surface area contributed by atoms with Gasteiger partial charge in [-0.1, -0.05) is 58.9 Å². The highest BCUT2D eigenvalue weighted by atomic mass is 16.3. The van der Waals surface area contributed by atoms with Crippen molar-refractivity contribution in [2.45, 2.75) is 52.7 Å². The lowest BCUT2D eigenvalue weighted by Gasteiger charge is -2.22. The SMILES string of the molecule is CC(C)[C@H](NC(=O)c1ccc(C(C)(C)C)cc1)C(=O)Nc1cccc(CO)c1. The predicted molar refractivity (Wildman–Crippen MR) is 112 cm³/mol. The van der Waals surface area contributed by atoms with Crippen molar-refractivity contribution in [1.29, 1.82) is 0 Å². The number of benzene rings is 2. The number of rotatable bonds is 6. The molecule has 2 rings (SSSR count). The largest absolute Gasteiger partial charge is 0.392 e. The van der Waals surface area contributed by atoms with E-state index < -0.39 is 6.04 Å². The number of nitrogens with one attached hydrogen (secondary N) is 2. The maximum Gasteiger partial charge on any atom is 0.251 e. The number of anilines is 1. The van der Waals surface area contributed by atoms with Crippen molar-refractivity contribution in [3.8, 4) is 0 Å². The van der Waals surface area contributed by atoms with Crippen molar-refractivity contribution < 1.29 is 14.7 Å². The van der Waals surface area contributed by atoms with Crippen LogP contribution in [0.4, 0.5) is 5.69 Å². The summed E-state index contributed by atoms with van der Waals surface area (Å²) in [7, 11) is 0. The lowest BCUT2D eigenvalue weighted by Crippen LogP contribution is -2.47. The Kier molecular flexibility index (Phi) is 6.97. The van der Waals surface area contributed by atoms with E-state index in [9.17, 15) is 14.7 Å². The van der Waals surface area contributed by atoms with Crippen molar-refractivity contribution in [2.75, 3.05) is 5.32 Å². The zero-order chi connectivity index (χ0) is 20.9. The minimum atomic E-state index is -0.674. The smallest absolute Gasteiger partial charge is 0.251 e. The van der Waals surface area contributed by atoms with Gasteiger partial charge in [0.2, 0.25) is 5.91 Å². The molecular formula is C23H30N2O3. The first kappa shape index (κ1) is 21.6. The first-order valence-corrected chi connectivity index (χ1v) is 9.54. The lowest BCUT2D eigenvalue weighted by atomic mass is 9.86. The topological polar surface area (TPSA) is 78.4 Å². The third-order valence-corrected chi connectivity index (χ3v) is 4.63. The Bertz CT molecular complexity index is 820. The number of amides is 2. The molecule has 0 unspecified atom stereocenters. The van der Waals surface area contributed by atoms with Gasteiger partial charge < -0.3 is 15.7 Å². The van der Waals surface area contributed by atoms with Crippen molar-refractivity contribution >= 4 is 17.5 Å². The average Bonchev–Trinajstić information content (AvgIpc) is 2.65. The zero-order valence-corrected chi connectivity index (χ0v) is 17.2. The van der Waals surface area contributed by atoms with Crippen LogP contribution in [0.3, 0.4) is 0 Å². The van der Waals surface area contributed by atoms with Gasteiger partial charge in [0.05, 0.1) is 6.61 Å². The van der Waals surface area contributed by atoms with E-state index in [1.807, 2.05) is 26.0 Å². The second-order valence-electron chi connectivity index (χ2n) is 8.37. The summed E-state index contributed by atoms with van der Waals surface area (Å²) < 4.78 is 0. The Morgan fingerprint density at radius 1 is 1.04 bits per heavy atom. The standard InChI is InChI=1S/C23H30N2O3/c1-15(2)20(22(28)24-19-8-6-7-16(13-19)14-26)25-21(27)17-9-11-18(12-10-17)23(3,4)5/h6-13,15,20,26H,14H2,1-5H3,(H,24,28)(H,25,27)/t20-/m0/s1. The predicted octanol–water partition coefficient (Wildman–Crippen LogP) is 3.87. The molecule has 0 fully saturated rings. The molecule has 5 nitrogen and oxygen atoms in total. The number of hydrogen-bond donors (Lipinski definition) is 3. The number of aliphatic hydroxyl groups is 1. The van der Waals surface area contributed by atoms with Crippen LogP contribution in [0.25, 0.3) is 0 Å². The Balaban J connectivity index is 2.10. The number of carbonyl (C=O) groups is 2. The molecule has 0 heterocycles. The van der Waals surface area contributed by atoms with E-state index in [0.717, 1.165) is 5.56 Å². The minimum absolute atomic E-state index is 0.0124. The fraction of sp³-hybridized carbons (Fsp3) is 0.391. The molecule has 3 N–H and O–H groups in total. The molecule has 1 atom stereocenters. The van der Waals surface area contributed by atoms with Crippen molar-refractivity contribution in [3.63, 3.8) is 0 Å². The van der Waals surface area contributed by atoms with Gasteiger partial charge in [-0.3, -0.25) is 9.59 Å². The molecule has 0 aromatic heterocycles. The quantitative estimate of drug-likeness (QED) is 0.710. The fourth-order valence-corrected chi connectivity index (χ4v) is 2.85. The van der Waals surface area contributed by atoms with Crippen molar-refractivity contribution in [3.05, 3.63) is 65.2 Å². The van der Waals surface area contributed by atoms with Crippen molar-refractivity contribution in [1.82, 2.24) is 5.32 Å². The van der Waals surface area contributed by atoms with Crippen LogP contribution in [-0.2, 0) is 16.8 Å². The first-order valence-electron chi connectivity index (χ1n) is 9.54. The van der Waals surface area contributed by atoms with E-state index in [1.165, 1.54) is 0 Å². The normalized spacial score (nSPS) is 12.5. The van der Waals surface area contributed by atoms with E-state index in [0.29, 0.717) is 16.8 Å². The second kappa shape index (κ2) is 9.02. The highest BCUT2D eigenvalue weighted by Crippen LogP contribution is 2.22. The van der Waals surface area contributed by atoms with Crippen LogP contribution in [0.15, 0.2) is 48.5 Å². The summed E-state index contributed by atoms with van der Waals surface area (Å²) in [5.74, 6) is -0.651. The van der Waals surface area contributed by atoms with E-state index in [2.05, 4.69) is 31.4 Å². The Labute approximate surface area is 167 Å². The van der Waals surface area contributed by atoms with Gasteiger partial charge in [-0.15, -0.1) is 0 Å². The van der Waals surface area contributed by atoms with Gasteiger partial charge in [0.25, 0.3) is 5.91 Å². The summed E-state index contributed by atoms with van der Waals surface area (Å²) >= 11 is 0. The number of hydrogen-bond acceptors (Lipinski definition) is 3. The third kappa shape index (κ3) is 5.67. The van der Waals surface area contributed by atoms with Crippen LogP contribution >= 0.6 is 0 Å². The van der Waals surface area contributed by atoms with E-state index >= 15 is 0 Å². The highest BCUT2D eigenvalue weighted by Gasteiger charge is 2.25. The summed E-state index contributed by atoms with van der Waals surface area (Å²) in [6.45, 7) is 10.0. The van der Waals surface area contributed by atoms with Gasteiger partial charge in [0, 0.05) is 11.3 Å². The summed E-state index contributed by atoms with van der Waals surface area (Å²) in [4.78, 5) is 25.4. The third-order valence-electron chi connectivity index (χ3n) is 4.63. The molecule has 2 aromatic rings. The van der Waals surface area contributed by atoms with Crippen LogP contribution in [0.1, 0.15) is 56.1 Å². The molecule has 0 radical (unpaired) electrons. The molecular weight excluding hydrogens is 352 g/mol. The van der Waals surface area contributed by atoms with Gasteiger partial charge >= 0.3 is 0 Å². The summed E-state index contributed by atoms with van der Waals surface area (Å²) in [6, 6.07) is 13.8. The van der Waals surface area contributed by atoms with Crippen LogP contribution in [0.5, 0.6) is 0 Å². The summed E-state index contributed by atoms with van der Waals surface area (Å²) in [5, 5.41) is 14.9. The molecule has 0 aliphatic heterocycles. The Morgan fingerprint density at radius 2 is 1.68 bits per heavy atom. The molecule has 150 valence electrons. The number of carbonyl (C=O) groups excluding carboxylic acids is 2. The van der Waals surface area contributed by atoms with E-state index in [1.54, 1.807) is 36.4 Å². The lowest BCUT2D eigenvalue weighted by molar-refractivity contribution is -0.118. The maximum absolute atomic E-state index is 12.7. The highest BCUT2D eigenvalue weighted by molar-refractivity contribution is 6.01. The van der Waals surface area contributed by atoms with Crippen LogP contribution in [0.2, 0.25) is 0 Å². The van der Waals surface area contributed by atoms with E-state index in [-0.39, 0.29) is 29.8 Å². The minimum Gasteiger partial charge on any atom is -0.392 e. The molecule has 0 aliphatic rings. The van der Waals surface area contributed by atoms with Crippen molar-refractivity contribution in [2.24, 2.45) is 5.92 Å². The molecule has 0 spiro atoms. The van der Waals surface area contributed by atoms with Gasteiger partial charge in [0.1, 0.15) is 6.04 Å². The van der Waals surface area contributed by atoms with Gasteiger partial charge in [-0.25, -0.2) is 0 Å². The zero-order valence-electron chi connectivity index (χ0n) is 17.2. The Hall–Kier alpha value is -2.66. The molecule has 5 heteroatoms. The molecule has 2 aromatic carbocycles. The monoisotopic (exact) mass is 382 g/mol. The van der Waals surface area contributed by atoms with Gasteiger partial charge in [-0.2, -0.15) is 0 Å². The van der Waals surface area contributed by atoms with Crippen LogP contribution in [0, 0.1) is 5.92 Å². The Morgan fingerprint density at radius 3 is 2.21 bits per heavy atom. The first-order chi connectivity index (χ1) is 13.1. The van der Waals surface area contributed by atoms with Crippen LogP contribution in [-0.4, -0.2) is 23.0 Å². The van der Waals surface area contributed by atoms with Crippen LogP contribution < -0.4 is 10.6 Å². The summed E-state index contributed by atoms with van der Waals surface area (Å²) in [5.41, 5.74) is 2.98. The fourth-order valence-electron chi connectivity index (χ4n) is 2.85. The molecule has 0 aliphatic carbocycles. The molecule has 0 bridgehead atoms. The van der Waals surface area contributed by atoms with E-state index in [4.69, 9.17) is 0 Å². The van der Waals surface area contributed by atoms with Gasteiger partial charge in [0.15, 0.2) is 0 Å². The molecule has 0 saturated carbocycles. The summed E-state index contributed by atoms with van der Waals surface area (Å²) in [6.07, 6.45) is 0. The average molecular weight is 383 g/mol. The molecule has 2 amide bonds. The van der Waals surface area contributed by atoms with Gasteiger partial charge in [-0.05, 0) is 46.7 Å². The maximum atomic E-state index is 12.7. The second-order valence-corrected chi connectivity index (χ2v) is 8.37. The molecule has 28 heavy (non-hydrogen) atoms. The molecule has 0 saturated heterocycles. The number of aliphatic hydroxyl groups excluding tert-OH is 1.